The summed E-state index contributed by atoms with van der Waals surface area (Å²) in [4.78, 5) is 16.4. The van der Waals surface area contributed by atoms with E-state index in [4.69, 9.17) is 14.2 Å². The van der Waals surface area contributed by atoms with Crippen LogP contribution in [0.1, 0.15) is 67.3 Å². The normalized spacial score (nSPS) is 19.0. The van der Waals surface area contributed by atoms with Crippen LogP contribution < -0.4 is 19.5 Å². The van der Waals surface area contributed by atoms with Crippen molar-refractivity contribution in [1.29, 1.82) is 0 Å². The van der Waals surface area contributed by atoms with Crippen molar-refractivity contribution in [3.05, 3.63) is 57.8 Å². The Morgan fingerprint density at radius 1 is 1.03 bits per heavy atom. The summed E-state index contributed by atoms with van der Waals surface area (Å²) in [6, 6.07) is 10.1. The average Bonchev–Trinajstić information content (AvgIpc) is 3.50. The third-order valence-corrected chi connectivity index (χ3v) is 8.43. The third-order valence-electron chi connectivity index (χ3n) is 7.95. The van der Waals surface area contributed by atoms with Crippen molar-refractivity contribution in [2.24, 2.45) is 5.92 Å². The molecule has 2 aliphatic rings. The number of hydrogen-bond acceptors (Lipinski definition) is 5. The van der Waals surface area contributed by atoms with Gasteiger partial charge in [0, 0.05) is 22.1 Å². The first-order valence-electron chi connectivity index (χ1n) is 13.9. The highest BCUT2D eigenvalue weighted by Gasteiger charge is 2.36. The van der Waals surface area contributed by atoms with E-state index >= 15 is 0 Å². The maximum atomic E-state index is 14.4. The number of benzene rings is 2. The van der Waals surface area contributed by atoms with Crippen molar-refractivity contribution in [3.8, 4) is 17.2 Å². The van der Waals surface area contributed by atoms with Gasteiger partial charge in [0.15, 0.2) is 11.5 Å². The SMILES string of the molecule is COc1cc(C(=O)N(CC(Br)=Cc2ccc(F)cc2)C(CC2CCCCC2)C2CCCN2)cc(OC)c1OC. The summed E-state index contributed by atoms with van der Waals surface area (Å²) < 4.78 is 31.0. The number of methoxy groups -OCH3 is 3. The molecule has 0 radical (unpaired) electrons. The molecule has 212 valence electrons. The molecule has 2 unspecified atom stereocenters. The maximum Gasteiger partial charge on any atom is 0.254 e. The highest BCUT2D eigenvalue weighted by Crippen LogP contribution is 2.39. The Hall–Kier alpha value is -2.58. The van der Waals surface area contributed by atoms with Crippen molar-refractivity contribution >= 4 is 27.9 Å². The molecule has 1 aliphatic carbocycles. The molecule has 6 nitrogen and oxygen atoms in total. The second kappa shape index (κ2) is 14.2. The van der Waals surface area contributed by atoms with E-state index in [0.29, 0.717) is 35.3 Å². The van der Waals surface area contributed by atoms with Crippen LogP contribution in [0.3, 0.4) is 0 Å². The monoisotopic (exact) mass is 602 g/mol. The van der Waals surface area contributed by atoms with Gasteiger partial charge in [0.2, 0.25) is 5.75 Å². The van der Waals surface area contributed by atoms with Crippen LogP contribution in [0, 0.1) is 11.7 Å². The maximum absolute atomic E-state index is 14.4. The van der Waals surface area contributed by atoms with Gasteiger partial charge in [-0.25, -0.2) is 4.39 Å². The molecule has 2 aromatic carbocycles. The first-order chi connectivity index (χ1) is 18.9. The van der Waals surface area contributed by atoms with E-state index in [1.165, 1.54) is 44.2 Å². The number of carbonyl (C=O) groups is 1. The number of amides is 1. The fraction of sp³-hybridized carbons (Fsp3) is 0.516. The summed E-state index contributed by atoms with van der Waals surface area (Å²) in [5.41, 5.74) is 1.35. The number of carbonyl (C=O) groups excluding carboxylic acids is 1. The van der Waals surface area contributed by atoms with E-state index < -0.39 is 0 Å². The van der Waals surface area contributed by atoms with Gasteiger partial charge in [0.05, 0.1) is 27.9 Å². The lowest BCUT2D eigenvalue weighted by molar-refractivity contribution is 0.0622. The van der Waals surface area contributed by atoms with E-state index in [1.807, 2.05) is 11.0 Å². The Bertz CT molecular complexity index is 1100. The van der Waals surface area contributed by atoms with Crippen LogP contribution in [-0.4, -0.2) is 57.3 Å². The molecule has 39 heavy (non-hydrogen) atoms. The average molecular weight is 604 g/mol. The molecule has 1 saturated carbocycles. The Balaban J connectivity index is 1.72. The lowest BCUT2D eigenvalue weighted by Gasteiger charge is -2.39. The topological polar surface area (TPSA) is 60.0 Å². The largest absolute Gasteiger partial charge is 0.493 e. The zero-order valence-electron chi connectivity index (χ0n) is 23.2. The molecule has 0 bridgehead atoms. The minimum atomic E-state index is -0.276. The summed E-state index contributed by atoms with van der Waals surface area (Å²) in [5, 5.41) is 3.69. The molecule has 1 N–H and O–H groups in total. The van der Waals surface area contributed by atoms with Gasteiger partial charge in [-0.2, -0.15) is 0 Å². The van der Waals surface area contributed by atoms with Gasteiger partial charge in [0.1, 0.15) is 5.82 Å². The first-order valence-corrected chi connectivity index (χ1v) is 14.7. The molecular weight excluding hydrogens is 563 g/mol. The van der Waals surface area contributed by atoms with Crippen LogP contribution in [-0.2, 0) is 0 Å². The van der Waals surface area contributed by atoms with E-state index in [0.717, 1.165) is 35.9 Å². The number of halogens is 2. The quantitative estimate of drug-likeness (QED) is 0.306. The molecule has 1 saturated heterocycles. The second-order valence-electron chi connectivity index (χ2n) is 10.5. The van der Waals surface area contributed by atoms with Gasteiger partial charge < -0.3 is 24.4 Å². The number of nitrogens with one attached hydrogen (secondary N) is 1. The standard InChI is InChI=1S/C31H40BrFN2O4/c1-37-28-18-23(19-29(38-2)30(28)39-3)31(36)35(20-24(32)16-22-11-13-25(33)14-12-22)27(26-10-7-15-34-26)17-21-8-5-4-6-9-21/h11-14,16,18-19,21,26-27,34H,4-10,15,17,20H2,1-3H3. The van der Waals surface area contributed by atoms with Gasteiger partial charge in [-0.15, -0.1) is 0 Å². The highest BCUT2D eigenvalue weighted by molar-refractivity contribution is 9.11. The second-order valence-corrected chi connectivity index (χ2v) is 11.5. The molecule has 0 spiro atoms. The van der Waals surface area contributed by atoms with Gasteiger partial charge in [-0.1, -0.05) is 60.2 Å². The van der Waals surface area contributed by atoms with Gasteiger partial charge in [-0.3, -0.25) is 4.79 Å². The van der Waals surface area contributed by atoms with Gasteiger partial charge in [-0.05, 0) is 67.6 Å². The van der Waals surface area contributed by atoms with Crippen molar-refractivity contribution in [1.82, 2.24) is 10.2 Å². The number of rotatable bonds is 11. The number of ether oxygens (including phenoxy) is 3. The van der Waals surface area contributed by atoms with Crippen LogP contribution in [0.2, 0.25) is 0 Å². The molecule has 2 aromatic rings. The molecule has 0 aromatic heterocycles. The Morgan fingerprint density at radius 3 is 2.26 bits per heavy atom. The predicted octanol–water partition coefficient (Wildman–Crippen LogP) is 6.82. The van der Waals surface area contributed by atoms with Crippen molar-refractivity contribution < 1.29 is 23.4 Å². The lowest BCUT2D eigenvalue weighted by atomic mass is 9.82. The fourth-order valence-electron chi connectivity index (χ4n) is 5.97. The van der Waals surface area contributed by atoms with Gasteiger partial charge >= 0.3 is 0 Å². The molecule has 1 amide bonds. The van der Waals surface area contributed by atoms with E-state index in [9.17, 15) is 9.18 Å². The summed E-state index contributed by atoms with van der Waals surface area (Å²) in [7, 11) is 4.66. The third kappa shape index (κ3) is 7.54. The van der Waals surface area contributed by atoms with E-state index in [1.54, 1.807) is 45.6 Å². The van der Waals surface area contributed by atoms with Crippen LogP contribution in [0.15, 0.2) is 40.9 Å². The molecule has 4 rings (SSSR count). The molecule has 1 heterocycles. The number of nitrogens with zero attached hydrogens (tertiary/aromatic N) is 1. The van der Waals surface area contributed by atoms with Crippen LogP contribution >= 0.6 is 15.9 Å². The van der Waals surface area contributed by atoms with Crippen LogP contribution in [0.4, 0.5) is 4.39 Å². The van der Waals surface area contributed by atoms with Crippen LogP contribution in [0.5, 0.6) is 17.2 Å². The van der Waals surface area contributed by atoms with Crippen LogP contribution in [0.25, 0.3) is 6.08 Å². The van der Waals surface area contributed by atoms with Crippen molar-refractivity contribution in [2.75, 3.05) is 34.4 Å². The Kier molecular flexibility index (Phi) is 10.7. The minimum absolute atomic E-state index is 0.0244. The smallest absolute Gasteiger partial charge is 0.254 e. The summed E-state index contributed by atoms with van der Waals surface area (Å²) in [6.07, 6.45) is 11.3. The zero-order chi connectivity index (χ0) is 27.8. The number of hydrogen-bond donors (Lipinski definition) is 1. The van der Waals surface area contributed by atoms with Crippen molar-refractivity contribution in [2.45, 2.75) is 63.5 Å². The highest BCUT2D eigenvalue weighted by atomic mass is 79.9. The molecule has 2 fully saturated rings. The zero-order valence-corrected chi connectivity index (χ0v) is 24.8. The Morgan fingerprint density at radius 2 is 1.69 bits per heavy atom. The molecule has 2 atom stereocenters. The summed E-state index contributed by atoms with van der Waals surface area (Å²) in [5.74, 6) is 1.58. The Labute approximate surface area is 240 Å². The summed E-state index contributed by atoms with van der Waals surface area (Å²) in [6.45, 7) is 1.35. The predicted molar refractivity (Wildman–Crippen MR) is 156 cm³/mol. The fourth-order valence-corrected chi connectivity index (χ4v) is 6.51. The van der Waals surface area contributed by atoms with Gasteiger partial charge in [0.25, 0.3) is 5.91 Å². The molecule has 8 heteroatoms. The first kappa shape index (κ1) is 29.4. The molecule has 1 aliphatic heterocycles. The van der Waals surface area contributed by atoms with Crippen molar-refractivity contribution in [3.63, 3.8) is 0 Å². The van der Waals surface area contributed by atoms with E-state index in [-0.39, 0.29) is 23.8 Å². The summed E-state index contributed by atoms with van der Waals surface area (Å²) >= 11 is 3.74. The minimum Gasteiger partial charge on any atom is -0.493 e. The van der Waals surface area contributed by atoms with E-state index in [2.05, 4.69) is 21.2 Å². The lowest BCUT2D eigenvalue weighted by Crippen LogP contribution is -2.51. The molecular formula is C31H40BrFN2O4.